The summed E-state index contributed by atoms with van der Waals surface area (Å²) in [6.45, 7) is 8.28. The molecule has 3 saturated heterocycles. The highest BCUT2D eigenvalue weighted by molar-refractivity contribution is 6.00. The average Bonchev–Trinajstić information content (AvgIpc) is 3.29. The molecule has 27 heavy (non-hydrogen) atoms. The number of hydrogen-bond acceptors (Lipinski definition) is 3. The van der Waals surface area contributed by atoms with Crippen LogP contribution in [0.15, 0.2) is 36.9 Å². The molecule has 0 radical (unpaired) electrons. The smallest absolute Gasteiger partial charge is 0.248 e. The van der Waals surface area contributed by atoms with Crippen molar-refractivity contribution in [3.63, 3.8) is 0 Å². The summed E-state index contributed by atoms with van der Waals surface area (Å²) < 4.78 is 17.0. The Labute approximate surface area is 158 Å². The van der Waals surface area contributed by atoms with Crippen LogP contribution in [0.5, 0.6) is 0 Å². The third-order valence-corrected chi connectivity index (χ3v) is 7.18. The first-order valence-corrected chi connectivity index (χ1v) is 9.62. The molecule has 1 N–H and O–H groups in total. The number of halogens is 1. The molecule has 0 bridgehead atoms. The van der Waals surface area contributed by atoms with E-state index in [2.05, 4.69) is 11.9 Å². The van der Waals surface area contributed by atoms with Gasteiger partial charge in [0.1, 0.15) is 12.1 Å². The Morgan fingerprint density at radius 1 is 1.26 bits per heavy atom. The van der Waals surface area contributed by atoms with E-state index in [0.29, 0.717) is 24.2 Å². The van der Waals surface area contributed by atoms with Crippen LogP contribution < -0.4 is 5.32 Å². The largest absolute Gasteiger partial charge is 0.359 e. The Hall–Kier alpha value is -2.37. The number of rotatable bonds is 2. The summed E-state index contributed by atoms with van der Waals surface area (Å²) in [5.74, 6) is -0.270. The van der Waals surface area contributed by atoms with Gasteiger partial charge in [0.2, 0.25) is 11.8 Å². The molecule has 4 atom stereocenters. The van der Waals surface area contributed by atoms with E-state index in [1.807, 2.05) is 26.0 Å². The second-order valence-electron chi connectivity index (χ2n) is 8.73. The number of para-hydroxylation sites is 1. The second-order valence-corrected chi connectivity index (χ2v) is 8.73. The highest BCUT2D eigenvalue weighted by atomic mass is 19.1. The molecule has 1 aromatic carbocycles. The van der Waals surface area contributed by atoms with Crippen LogP contribution in [0.1, 0.15) is 38.7 Å². The lowest BCUT2D eigenvalue weighted by molar-refractivity contribution is -0.166. The summed E-state index contributed by atoms with van der Waals surface area (Å²) in [6, 6.07) is 6.00. The van der Waals surface area contributed by atoms with E-state index < -0.39 is 28.8 Å². The zero-order chi connectivity index (χ0) is 19.2. The molecule has 6 heteroatoms. The molecule has 4 heterocycles. The molecular formula is C21H24FN3O2. The monoisotopic (exact) mass is 369 g/mol. The minimum Gasteiger partial charge on any atom is -0.359 e. The number of amides is 2. The van der Waals surface area contributed by atoms with Crippen LogP contribution in [0.4, 0.5) is 10.1 Å². The number of fused-ring (bicyclic) bond motifs is 6. The number of alkyl halides is 1. The van der Waals surface area contributed by atoms with Crippen LogP contribution >= 0.6 is 0 Å². The van der Waals surface area contributed by atoms with E-state index in [9.17, 15) is 9.59 Å². The fourth-order valence-corrected chi connectivity index (χ4v) is 5.81. The van der Waals surface area contributed by atoms with Gasteiger partial charge < -0.3 is 15.1 Å². The Morgan fingerprint density at radius 2 is 2.00 bits per heavy atom. The van der Waals surface area contributed by atoms with Crippen LogP contribution in [0, 0.1) is 5.41 Å². The summed E-state index contributed by atoms with van der Waals surface area (Å²) in [5.41, 5.74) is -2.82. The first-order chi connectivity index (χ1) is 12.8. The van der Waals surface area contributed by atoms with E-state index in [-0.39, 0.29) is 18.2 Å². The number of benzene rings is 1. The van der Waals surface area contributed by atoms with Crippen LogP contribution in [0.2, 0.25) is 0 Å². The maximum Gasteiger partial charge on any atom is 0.248 e. The van der Waals surface area contributed by atoms with Gasteiger partial charge >= 0.3 is 0 Å². The SMILES string of the molecule is C=CC(C)(C)[C@]12Nc3ccccc3[C@@]1(F)C[C@H]1C(=O)N3CCC[C@H]3C(=O)N12. The molecule has 4 aliphatic rings. The topological polar surface area (TPSA) is 52.7 Å². The maximum absolute atomic E-state index is 17.0. The Balaban J connectivity index is 1.77. The van der Waals surface area contributed by atoms with Gasteiger partial charge in [-0.15, -0.1) is 6.58 Å². The van der Waals surface area contributed by atoms with Crippen molar-refractivity contribution in [1.82, 2.24) is 9.80 Å². The zero-order valence-electron chi connectivity index (χ0n) is 15.7. The van der Waals surface area contributed by atoms with E-state index in [4.69, 9.17) is 0 Å². The van der Waals surface area contributed by atoms with E-state index in [1.165, 1.54) is 0 Å². The van der Waals surface area contributed by atoms with Crippen LogP contribution in [0.25, 0.3) is 0 Å². The van der Waals surface area contributed by atoms with Gasteiger partial charge in [-0.2, -0.15) is 0 Å². The second kappa shape index (κ2) is 4.91. The van der Waals surface area contributed by atoms with Crippen molar-refractivity contribution >= 4 is 17.5 Å². The normalized spacial score (nSPS) is 36.9. The standard InChI is InChI=1S/C21H24FN3O2/c1-4-19(2,3)21-20(22,13-8-5-6-9-14(13)23-21)12-16-17(26)24-11-7-10-15(24)18(27)25(16)21/h4-6,8-9,15-16,23H,1,7,10-12H2,2-3H3/t15-,16-,20-,21+/m0/s1. The first-order valence-electron chi connectivity index (χ1n) is 9.62. The van der Waals surface area contributed by atoms with Crippen molar-refractivity contribution in [2.45, 2.75) is 56.5 Å². The van der Waals surface area contributed by atoms with Crippen molar-refractivity contribution in [3.05, 3.63) is 42.5 Å². The van der Waals surface area contributed by atoms with E-state index >= 15 is 4.39 Å². The lowest BCUT2D eigenvalue weighted by Crippen LogP contribution is -2.72. The van der Waals surface area contributed by atoms with Gasteiger partial charge in [-0.05, 0) is 18.9 Å². The predicted octanol–water partition coefficient (Wildman–Crippen LogP) is 2.79. The van der Waals surface area contributed by atoms with Gasteiger partial charge in [-0.3, -0.25) is 9.59 Å². The molecule has 0 aliphatic carbocycles. The van der Waals surface area contributed by atoms with Crippen molar-refractivity contribution in [3.8, 4) is 0 Å². The molecule has 0 unspecified atom stereocenters. The summed E-state index contributed by atoms with van der Waals surface area (Å²) in [5, 5.41) is 3.36. The Morgan fingerprint density at radius 3 is 2.74 bits per heavy atom. The molecule has 0 aromatic heterocycles. The molecule has 2 amide bonds. The van der Waals surface area contributed by atoms with E-state index in [1.54, 1.807) is 28.0 Å². The zero-order valence-corrected chi connectivity index (χ0v) is 15.7. The highest BCUT2D eigenvalue weighted by Gasteiger charge is 2.77. The number of nitrogens with zero attached hydrogens (tertiary/aromatic N) is 2. The van der Waals surface area contributed by atoms with Crippen LogP contribution in [-0.2, 0) is 15.3 Å². The van der Waals surface area contributed by atoms with Gasteiger partial charge in [-0.25, -0.2) is 4.39 Å². The summed E-state index contributed by atoms with van der Waals surface area (Å²) in [7, 11) is 0. The quantitative estimate of drug-likeness (QED) is 0.816. The van der Waals surface area contributed by atoms with Gasteiger partial charge in [0, 0.05) is 29.6 Å². The third kappa shape index (κ3) is 1.66. The van der Waals surface area contributed by atoms with Gasteiger partial charge in [0.25, 0.3) is 0 Å². The Bertz CT molecular complexity index is 884. The van der Waals surface area contributed by atoms with Gasteiger partial charge in [-0.1, -0.05) is 38.1 Å². The molecule has 3 fully saturated rings. The molecule has 5 nitrogen and oxygen atoms in total. The summed E-state index contributed by atoms with van der Waals surface area (Å²) >= 11 is 0. The number of carbonyl (C=O) groups excluding carboxylic acids is 2. The molecule has 1 aromatic rings. The number of anilines is 1. The summed E-state index contributed by atoms with van der Waals surface area (Å²) in [4.78, 5) is 29.9. The minimum atomic E-state index is -1.86. The molecular weight excluding hydrogens is 345 g/mol. The molecule has 0 spiro atoms. The molecule has 0 saturated carbocycles. The van der Waals surface area contributed by atoms with Crippen molar-refractivity contribution in [1.29, 1.82) is 0 Å². The third-order valence-electron chi connectivity index (χ3n) is 7.18. The maximum atomic E-state index is 17.0. The Kier molecular flexibility index (Phi) is 3.05. The fourth-order valence-electron chi connectivity index (χ4n) is 5.81. The highest BCUT2D eigenvalue weighted by Crippen LogP contribution is 2.65. The van der Waals surface area contributed by atoms with E-state index in [0.717, 1.165) is 6.42 Å². The lowest BCUT2D eigenvalue weighted by Gasteiger charge is -2.53. The molecule has 5 rings (SSSR count). The minimum absolute atomic E-state index is 0.0257. The van der Waals surface area contributed by atoms with Crippen molar-refractivity contribution in [2.75, 3.05) is 11.9 Å². The lowest BCUT2D eigenvalue weighted by atomic mass is 9.69. The van der Waals surface area contributed by atoms with Crippen molar-refractivity contribution < 1.29 is 14.0 Å². The number of nitrogens with one attached hydrogen (secondary N) is 1. The number of hydrogen-bond donors (Lipinski definition) is 1. The molecule has 4 aliphatic heterocycles. The predicted molar refractivity (Wildman–Crippen MR) is 99.5 cm³/mol. The van der Waals surface area contributed by atoms with Crippen LogP contribution in [-0.4, -0.2) is 45.9 Å². The molecule has 142 valence electrons. The summed E-state index contributed by atoms with van der Waals surface area (Å²) in [6.07, 6.45) is 3.13. The first kappa shape index (κ1) is 16.8. The van der Waals surface area contributed by atoms with Crippen molar-refractivity contribution in [2.24, 2.45) is 5.41 Å². The van der Waals surface area contributed by atoms with Gasteiger partial charge in [0.15, 0.2) is 11.3 Å². The number of piperazine rings is 1. The van der Waals surface area contributed by atoms with Gasteiger partial charge in [0.05, 0.1) is 0 Å². The number of carbonyl (C=O) groups is 2. The van der Waals surface area contributed by atoms with Crippen LogP contribution in [0.3, 0.4) is 0 Å². The fraction of sp³-hybridized carbons (Fsp3) is 0.524. The average molecular weight is 369 g/mol.